The van der Waals surface area contributed by atoms with Crippen LogP contribution in [0.15, 0.2) is 152 Å². The fourth-order valence-electron chi connectivity index (χ4n) is 15.8. The number of hydrogen-bond donors (Lipinski definition) is 0. The van der Waals surface area contributed by atoms with E-state index in [-0.39, 0.29) is 44.6 Å². The van der Waals surface area contributed by atoms with Crippen molar-refractivity contribution in [1.82, 2.24) is 0 Å². The van der Waals surface area contributed by atoms with Crippen LogP contribution in [0.4, 0.5) is 51.2 Å². The van der Waals surface area contributed by atoms with Crippen LogP contribution in [0.1, 0.15) is 181 Å². The van der Waals surface area contributed by atoms with E-state index in [2.05, 4.69) is 270 Å². The Kier molecular flexibility index (Phi) is 11.3. The highest BCUT2D eigenvalue weighted by Crippen LogP contribution is 2.57. The molecule has 0 radical (unpaired) electrons. The predicted molar refractivity (Wildman–Crippen MR) is 353 cm³/mol. The average molecular weight is 1080 g/mol. The molecule has 0 saturated heterocycles. The van der Waals surface area contributed by atoms with Crippen molar-refractivity contribution < 1.29 is 0 Å². The predicted octanol–water partition coefficient (Wildman–Crippen LogP) is 20.0. The van der Waals surface area contributed by atoms with E-state index in [1.165, 1.54) is 116 Å². The number of nitrogens with zero attached hydrogens (tertiary/aromatic N) is 3. The first kappa shape index (κ1) is 52.5. The molecule has 0 N–H and O–H groups in total. The molecule has 9 aromatic rings. The van der Waals surface area contributed by atoms with Gasteiger partial charge >= 0.3 is 0 Å². The van der Waals surface area contributed by atoms with Crippen molar-refractivity contribution >= 4 is 106 Å². The Bertz CT molecular complexity index is 4030. The molecular weight excluding hydrogens is 998 g/mol. The van der Waals surface area contributed by atoms with Gasteiger partial charge in [0.15, 0.2) is 0 Å². The monoisotopic (exact) mass is 1080 g/mol. The summed E-state index contributed by atoms with van der Waals surface area (Å²) in [4.78, 5) is 8.06. The van der Waals surface area contributed by atoms with Crippen molar-refractivity contribution in [2.75, 3.05) is 14.7 Å². The third-order valence-corrected chi connectivity index (χ3v) is 22.1. The lowest BCUT2D eigenvalue weighted by atomic mass is 9.32. The van der Waals surface area contributed by atoms with Gasteiger partial charge in [-0.1, -0.05) is 183 Å². The van der Waals surface area contributed by atoms with Gasteiger partial charge in [-0.05, 0) is 205 Å². The molecule has 0 amide bonds. The molecule has 14 rings (SSSR count). The van der Waals surface area contributed by atoms with Crippen molar-refractivity contribution in [3.8, 4) is 0 Å². The Morgan fingerprint density at radius 2 is 0.840 bits per heavy atom. The summed E-state index contributed by atoms with van der Waals surface area (Å²) in [5.41, 5.74) is 25.6. The normalized spacial score (nSPS) is 19.3. The molecule has 0 fully saturated rings. The van der Waals surface area contributed by atoms with Crippen LogP contribution in [-0.4, -0.2) is 6.71 Å². The van der Waals surface area contributed by atoms with Gasteiger partial charge in [-0.15, -0.1) is 11.3 Å². The molecule has 0 unspecified atom stereocenters. The first-order valence-corrected chi connectivity index (χ1v) is 31.2. The van der Waals surface area contributed by atoms with E-state index in [1.54, 1.807) is 0 Å². The summed E-state index contributed by atoms with van der Waals surface area (Å²) >= 11 is 1.97. The highest BCUT2D eigenvalue weighted by Gasteiger charge is 2.50. The zero-order chi connectivity index (χ0) is 56.7. The Hall–Kier alpha value is -6.56. The molecule has 410 valence electrons. The van der Waals surface area contributed by atoms with Crippen LogP contribution in [0.25, 0.3) is 20.2 Å². The van der Waals surface area contributed by atoms with Crippen LogP contribution >= 0.6 is 11.3 Å². The van der Waals surface area contributed by atoms with Gasteiger partial charge < -0.3 is 14.7 Å². The minimum Gasteiger partial charge on any atom is -0.311 e. The Labute approximate surface area is 488 Å². The second-order valence-corrected chi connectivity index (χ2v) is 31.2. The molecule has 0 saturated carbocycles. The zero-order valence-corrected chi connectivity index (χ0v) is 51.8. The second-order valence-electron chi connectivity index (χ2n) is 30.1. The van der Waals surface area contributed by atoms with Gasteiger partial charge in [-0.2, -0.15) is 0 Å². The Balaban J connectivity index is 1.19. The number of thiophene rings is 1. The van der Waals surface area contributed by atoms with Crippen LogP contribution in [0.5, 0.6) is 0 Å². The highest BCUT2D eigenvalue weighted by molar-refractivity contribution is 7.26. The van der Waals surface area contributed by atoms with E-state index >= 15 is 0 Å². The van der Waals surface area contributed by atoms with Gasteiger partial charge in [0.1, 0.15) is 0 Å². The summed E-state index contributed by atoms with van der Waals surface area (Å²) in [6.07, 6.45) is 6.95. The lowest BCUT2D eigenvalue weighted by Crippen LogP contribution is -2.62. The smallest absolute Gasteiger partial charge is 0.252 e. The standard InChI is InChI=1S/C76H82BN3S/c1-70(2,3)67-61(33-31-52-51-28-22-23-29-66(51)81-69(52)67)80-63-46-58-56(74(10,11)37-39-76(58,14)15)44-60(63)77-59-43-55-57(75(12,13)38-36-73(55,8)9)45-62(59)79(49-30-32-53-54(40-49)72(6,7)35-34-71(53,4)5)64-41-50(42-65(80)68(64)77)78(47-24-18-16-19-25-47)48-26-20-17-21-27-48/h16-33,40-46H,34-39H2,1-15H3. The second kappa shape index (κ2) is 17.5. The maximum atomic E-state index is 2.79. The minimum atomic E-state index is -0.209. The summed E-state index contributed by atoms with van der Waals surface area (Å²) < 4.78 is 2.72. The lowest BCUT2D eigenvalue weighted by molar-refractivity contribution is 0.332. The average Bonchev–Trinajstić information content (AvgIpc) is 1.78. The van der Waals surface area contributed by atoms with E-state index in [0.29, 0.717) is 0 Å². The first-order valence-electron chi connectivity index (χ1n) is 30.4. The molecule has 5 aliphatic rings. The van der Waals surface area contributed by atoms with Gasteiger partial charge in [0, 0.05) is 60.0 Å². The third-order valence-electron chi connectivity index (χ3n) is 20.9. The quantitative estimate of drug-likeness (QED) is 0.159. The van der Waals surface area contributed by atoms with Crippen molar-refractivity contribution in [2.24, 2.45) is 0 Å². The van der Waals surface area contributed by atoms with E-state index in [4.69, 9.17) is 0 Å². The van der Waals surface area contributed by atoms with Crippen LogP contribution in [-0.2, 0) is 37.9 Å². The summed E-state index contributed by atoms with van der Waals surface area (Å²) in [5.74, 6) is 0. The Morgan fingerprint density at radius 3 is 1.36 bits per heavy atom. The number of rotatable bonds is 5. The van der Waals surface area contributed by atoms with Gasteiger partial charge in [0.2, 0.25) is 0 Å². The maximum absolute atomic E-state index is 2.79. The topological polar surface area (TPSA) is 9.72 Å². The van der Waals surface area contributed by atoms with Gasteiger partial charge in [-0.25, -0.2) is 0 Å². The molecule has 0 bridgehead atoms. The highest BCUT2D eigenvalue weighted by atomic mass is 32.1. The largest absolute Gasteiger partial charge is 0.311 e. The molecule has 0 spiro atoms. The van der Waals surface area contributed by atoms with E-state index in [0.717, 1.165) is 49.2 Å². The number of benzene rings is 8. The number of fused-ring (bicyclic) bond motifs is 10. The summed E-state index contributed by atoms with van der Waals surface area (Å²) in [5, 5.41) is 2.68. The molecule has 0 atom stereocenters. The zero-order valence-electron chi connectivity index (χ0n) is 51.0. The summed E-state index contributed by atoms with van der Waals surface area (Å²) in [7, 11) is 0. The fraction of sp³-hybridized carbons (Fsp3) is 0.368. The van der Waals surface area contributed by atoms with E-state index in [1.807, 2.05) is 11.3 Å². The van der Waals surface area contributed by atoms with E-state index in [9.17, 15) is 0 Å². The summed E-state index contributed by atoms with van der Waals surface area (Å²) in [6.45, 7) is 37.3. The molecule has 2 aliphatic heterocycles. The van der Waals surface area contributed by atoms with Crippen LogP contribution in [0.3, 0.4) is 0 Å². The Morgan fingerprint density at radius 1 is 0.395 bits per heavy atom. The molecule has 3 heterocycles. The van der Waals surface area contributed by atoms with Crippen molar-refractivity contribution in [3.63, 3.8) is 0 Å². The van der Waals surface area contributed by atoms with Crippen LogP contribution in [0, 0.1) is 0 Å². The molecule has 3 nitrogen and oxygen atoms in total. The fourth-order valence-corrected chi connectivity index (χ4v) is 17.2. The van der Waals surface area contributed by atoms with Crippen molar-refractivity contribution in [3.05, 3.63) is 191 Å². The van der Waals surface area contributed by atoms with Gasteiger partial charge in [0.25, 0.3) is 6.71 Å². The first-order chi connectivity index (χ1) is 38.3. The minimum absolute atomic E-state index is 0.00265. The molecular formula is C76H82BN3S. The van der Waals surface area contributed by atoms with Crippen LogP contribution in [0.2, 0.25) is 0 Å². The molecule has 3 aliphatic carbocycles. The van der Waals surface area contributed by atoms with Gasteiger partial charge in [0.05, 0.1) is 11.4 Å². The third kappa shape index (κ3) is 7.93. The van der Waals surface area contributed by atoms with Crippen molar-refractivity contribution in [2.45, 2.75) is 180 Å². The number of hydrogen-bond acceptors (Lipinski definition) is 4. The molecule has 1 aromatic heterocycles. The lowest BCUT2D eigenvalue weighted by Gasteiger charge is -2.49. The number of anilines is 9. The SMILES string of the molecule is CC(C)(C)c1c(N2c3cc4c(cc3B3c5cc6c(cc5N(c5ccc7c(c5)C(C)(C)CCC7(C)C)c5cc(N(c7ccccc7)c7ccccc7)cc2c53)C(C)(C)CCC6(C)C)C(C)(C)CCC4(C)C)ccc2c1sc1ccccc12. The molecule has 81 heavy (non-hydrogen) atoms. The van der Waals surface area contributed by atoms with Crippen LogP contribution < -0.4 is 31.1 Å². The van der Waals surface area contributed by atoms with E-state index < -0.39 is 0 Å². The molecule has 8 aromatic carbocycles. The number of para-hydroxylation sites is 2. The van der Waals surface area contributed by atoms with Crippen molar-refractivity contribution in [1.29, 1.82) is 0 Å². The van der Waals surface area contributed by atoms with Gasteiger partial charge in [-0.3, -0.25) is 0 Å². The molecule has 5 heteroatoms. The maximum Gasteiger partial charge on any atom is 0.252 e. The summed E-state index contributed by atoms with van der Waals surface area (Å²) in [6, 6.07) is 60.0.